The van der Waals surface area contributed by atoms with Gasteiger partial charge in [0.2, 0.25) is 5.88 Å². The summed E-state index contributed by atoms with van der Waals surface area (Å²) in [6.45, 7) is 1.88. The van der Waals surface area contributed by atoms with Crippen LogP contribution < -0.4 is 4.74 Å². The molecule has 0 bridgehead atoms. The Morgan fingerprint density at radius 3 is 2.76 bits per heavy atom. The Bertz CT molecular complexity index is 633. The summed E-state index contributed by atoms with van der Waals surface area (Å²) in [6, 6.07) is 0. The summed E-state index contributed by atoms with van der Waals surface area (Å²) in [5.74, 6) is 0.341. The van der Waals surface area contributed by atoms with Gasteiger partial charge in [0.05, 0.1) is 19.5 Å². The molecule has 0 amide bonds. The first-order valence-corrected chi connectivity index (χ1v) is 6.60. The highest BCUT2D eigenvalue weighted by atomic mass is 16.6. The van der Waals surface area contributed by atoms with Gasteiger partial charge in [0.1, 0.15) is 24.6 Å². The Labute approximate surface area is 119 Å². The van der Waals surface area contributed by atoms with E-state index in [1.165, 1.54) is 17.2 Å². The van der Waals surface area contributed by atoms with E-state index in [0.717, 1.165) is 0 Å². The number of nitrogens with zero attached hydrogens (tertiary/aromatic N) is 4. The van der Waals surface area contributed by atoms with Crippen LogP contribution in [0.2, 0.25) is 0 Å². The van der Waals surface area contributed by atoms with E-state index >= 15 is 0 Å². The highest BCUT2D eigenvalue weighted by Crippen LogP contribution is 2.32. The number of ether oxygens (including phenoxy) is 2. The molecular formula is C12H16N4O5. The first-order valence-electron chi connectivity index (χ1n) is 6.60. The van der Waals surface area contributed by atoms with Crippen LogP contribution in [0.25, 0.3) is 11.2 Å². The van der Waals surface area contributed by atoms with Crippen molar-refractivity contribution < 1.29 is 24.8 Å². The molecule has 0 unspecified atom stereocenters. The third kappa shape index (κ3) is 2.23. The molecular weight excluding hydrogens is 280 g/mol. The standard InChI is InChI=1S/C12H16N4O5/c1-2-20-11-7-10(13-4-14-11)16(5-15-7)12-9(19)8(18)6(3-17)21-12/h4-6,8-9,12,17-19H,2-3H2,1H3/t6-,8-,9+,12-/m1/s1. The zero-order chi connectivity index (χ0) is 15.0. The zero-order valence-corrected chi connectivity index (χ0v) is 11.3. The molecule has 21 heavy (non-hydrogen) atoms. The van der Waals surface area contributed by atoms with Gasteiger partial charge in [-0.3, -0.25) is 4.57 Å². The van der Waals surface area contributed by atoms with Gasteiger partial charge in [-0.05, 0) is 6.92 Å². The van der Waals surface area contributed by atoms with Crippen LogP contribution >= 0.6 is 0 Å². The molecule has 9 heteroatoms. The van der Waals surface area contributed by atoms with Crippen molar-refractivity contribution in [3.8, 4) is 5.88 Å². The fraction of sp³-hybridized carbons (Fsp3) is 0.583. The average molecular weight is 296 g/mol. The summed E-state index contributed by atoms with van der Waals surface area (Å²) in [5.41, 5.74) is 0.861. The maximum absolute atomic E-state index is 10.1. The molecule has 1 aliphatic heterocycles. The molecule has 0 saturated carbocycles. The Hall–Kier alpha value is -1.81. The van der Waals surface area contributed by atoms with Crippen LogP contribution in [0.1, 0.15) is 13.2 Å². The fourth-order valence-corrected chi connectivity index (χ4v) is 2.37. The molecule has 0 spiro atoms. The summed E-state index contributed by atoms with van der Waals surface area (Å²) < 4.78 is 12.3. The summed E-state index contributed by atoms with van der Waals surface area (Å²) in [5, 5.41) is 29.0. The van der Waals surface area contributed by atoms with Crippen molar-refractivity contribution in [2.24, 2.45) is 0 Å². The van der Waals surface area contributed by atoms with Gasteiger partial charge in [0.25, 0.3) is 0 Å². The van der Waals surface area contributed by atoms with E-state index in [-0.39, 0.29) is 6.61 Å². The van der Waals surface area contributed by atoms with Gasteiger partial charge in [-0.2, -0.15) is 4.98 Å². The number of fused-ring (bicyclic) bond motifs is 1. The molecule has 1 saturated heterocycles. The summed E-state index contributed by atoms with van der Waals surface area (Å²) >= 11 is 0. The lowest BCUT2D eigenvalue weighted by atomic mass is 10.1. The van der Waals surface area contributed by atoms with Gasteiger partial charge >= 0.3 is 0 Å². The number of aliphatic hydroxyl groups is 3. The second-order valence-electron chi connectivity index (χ2n) is 4.66. The van der Waals surface area contributed by atoms with Crippen LogP contribution in [0, 0.1) is 0 Å². The Kier molecular flexibility index (Phi) is 3.72. The zero-order valence-electron chi connectivity index (χ0n) is 11.3. The third-order valence-corrected chi connectivity index (χ3v) is 3.40. The van der Waals surface area contributed by atoms with Gasteiger partial charge in [-0.25, -0.2) is 9.97 Å². The van der Waals surface area contributed by atoms with Gasteiger partial charge in [0.15, 0.2) is 17.4 Å². The fourth-order valence-electron chi connectivity index (χ4n) is 2.37. The van der Waals surface area contributed by atoms with Crippen molar-refractivity contribution in [1.82, 2.24) is 19.5 Å². The molecule has 4 atom stereocenters. The first kappa shape index (κ1) is 14.1. The molecule has 2 aromatic heterocycles. The number of imidazole rings is 1. The van der Waals surface area contributed by atoms with E-state index in [1.807, 2.05) is 6.92 Å². The molecule has 1 fully saturated rings. The van der Waals surface area contributed by atoms with E-state index in [9.17, 15) is 10.2 Å². The van der Waals surface area contributed by atoms with E-state index in [2.05, 4.69) is 15.0 Å². The maximum atomic E-state index is 10.1. The van der Waals surface area contributed by atoms with Gasteiger partial charge in [-0.15, -0.1) is 0 Å². The molecule has 0 aromatic carbocycles. The molecule has 3 rings (SSSR count). The lowest BCUT2D eigenvalue weighted by Crippen LogP contribution is -2.33. The second kappa shape index (κ2) is 5.53. The third-order valence-electron chi connectivity index (χ3n) is 3.40. The number of aromatic nitrogens is 4. The monoisotopic (exact) mass is 296 g/mol. The number of hydrogen-bond acceptors (Lipinski definition) is 8. The van der Waals surface area contributed by atoms with Crippen LogP contribution in [-0.4, -0.2) is 66.4 Å². The van der Waals surface area contributed by atoms with E-state index in [1.54, 1.807) is 0 Å². The minimum Gasteiger partial charge on any atom is -0.476 e. The second-order valence-corrected chi connectivity index (χ2v) is 4.66. The number of rotatable bonds is 4. The summed E-state index contributed by atoms with van der Waals surface area (Å²) in [4.78, 5) is 12.3. The molecule has 3 N–H and O–H groups in total. The largest absolute Gasteiger partial charge is 0.476 e. The average Bonchev–Trinajstić information content (AvgIpc) is 3.03. The highest BCUT2D eigenvalue weighted by Gasteiger charge is 2.44. The van der Waals surface area contributed by atoms with Crippen molar-refractivity contribution in [3.05, 3.63) is 12.7 Å². The molecule has 9 nitrogen and oxygen atoms in total. The number of aliphatic hydroxyl groups excluding tert-OH is 3. The Morgan fingerprint density at radius 2 is 2.10 bits per heavy atom. The summed E-state index contributed by atoms with van der Waals surface area (Å²) in [7, 11) is 0. The van der Waals surface area contributed by atoms with Gasteiger partial charge in [-0.1, -0.05) is 0 Å². The lowest BCUT2D eigenvalue weighted by molar-refractivity contribution is -0.0511. The van der Waals surface area contributed by atoms with Crippen molar-refractivity contribution in [2.45, 2.75) is 31.5 Å². The number of hydrogen-bond donors (Lipinski definition) is 3. The van der Waals surface area contributed by atoms with Crippen molar-refractivity contribution in [1.29, 1.82) is 0 Å². The topological polar surface area (TPSA) is 123 Å². The van der Waals surface area contributed by atoms with Crippen LogP contribution in [-0.2, 0) is 4.74 Å². The van der Waals surface area contributed by atoms with Gasteiger partial charge in [0, 0.05) is 0 Å². The lowest BCUT2D eigenvalue weighted by Gasteiger charge is -2.16. The first-order chi connectivity index (χ1) is 10.2. The van der Waals surface area contributed by atoms with Crippen molar-refractivity contribution >= 4 is 11.2 Å². The van der Waals surface area contributed by atoms with E-state index < -0.39 is 24.5 Å². The van der Waals surface area contributed by atoms with Crippen LogP contribution in [0.5, 0.6) is 5.88 Å². The smallest absolute Gasteiger partial charge is 0.245 e. The Balaban J connectivity index is 2.00. The maximum Gasteiger partial charge on any atom is 0.245 e. The summed E-state index contributed by atoms with van der Waals surface area (Å²) in [6.07, 6.45) is -1.34. The van der Waals surface area contributed by atoms with Crippen LogP contribution in [0.3, 0.4) is 0 Å². The molecule has 0 radical (unpaired) electrons. The van der Waals surface area contributed by atoms with Crippen molar-refractivity contribution in [3.63, 3.8) is 0 Å². The molecule has 3 heterocycles. The van der Waals surface area contributed by atoms with E-state index in [0.29, 0.717) is 23.7 Å². The van der Waals surface area contributed by atoms with Crippen LogP contribution in [0.4, 0.5) is 0 Å². The molecule has 2 aromatic rings. The quantitative estimate of drug-likeness (QED) is 0.645. The molecule has 0 aliphatic carbocycles. The minimum atomic E-state index is -1.19. The van der Waals surface area contributed by atoms with Crippen molar-refractivity contribution in [2.75, 3.05) is 13.2 Å². The van der Waals surface area contributed by atoms with Crippen LogP contribution in [0.15, 0.2) is 12.7 Å². The SMILES string of the molecule is CCOc1ncnc2c1ncn2[C@@H]1O[C@H](CO)[C@@H](O)[C@@H]1O. The molecule has 114 valence electrons. The van der Waals surface area contributed by atoms with E-state index in [4.69, 9.17) is 14.6 Å². The normalized spacial score (nSPS) is 29.1. The molecule has 1 aliphatic rings. The van der Waals surface area contributed by atoms with Gasteiger partial charge < -0.3 is 24.8 Å². The highest BCUT2D eigenvalue weighted by molar-refractivity contribution is 5.76. The Morgan fingerprint density at radius 1 is 1.29 bits per heavy atom. The predicted octanol–water partition coefficient (Wildman–Crippen LogP) is -1.16. The predicted molar refractivity (Wildman–Crippen MR) is 69.5 cm³/mol. The minimum absolute atomic E-state index is 0.341.